The molecule has 0 spiro atoms. The molecule has 5 heteroatoms. The number of aromatic nitrogens is 1. The molecule has 1 aliphatic carbocycles. The normalized spacial score (nSPS) is 12.5. The number of fused-ring (bicyclic) bond motifs is 1. The van der Waals surface area contributed by atoms with Gasteiger partial charge in [-0.25, -0.2) is 4.98 Å². The molecule has 2 N–H and O–H groups in total. The maximum Gasteiger partial charge on any atom is 0.133 e. The third kappa shape index (κ3) is 4.88. The molecule has 5 rings (SSSR count). The number of anilines is 1. The average molecular weight is 457 g/mol. The number of nitrogen functional groups attached to an aromatic ring is 1. The summed E-state index contributed by atoms with van der Waals surface area (Å²) in [5, 5.41) is 3.15. The highest BCUT2D eigenvalue weighted by molar-refractivity contribution is 7.09. The van der Waals surface area contributed by atoms with E-state index in [0.717, 1.165) is 76.7 Å². The van der Waals surface area contributed by atoms with Crippen molar-refractivity contribution < 1.29 is 9.47 Å². The number of nitrogens with zero attached hydrogens (tertiary/aromatic N) is 1. The average Bonchev–Trinajstić information content (AvgIpc) is 3.53. The molecule has 0 saturated heterocycles. The number of aryl methyl sites for hydroxylation is 3. The summed E-state index contributed by atoms with van der Waals surface area (Å²) in [7, 11) is 0. The van der Waals surface area contributed by atoms with E-state index >= 15 is 0 Å². The monoisotopic (exact) mass is 456 g/mol. The van der Waals surface area contributed by atoms with E-state index in [9.17, 15) is 0 Å². The Balaban J connectivity index is 1.41. The lowest BCUT2D eigenvalue weighted by molar-refractivity contribution is 0.302. The lowest BCUT2D eigenvalue weighted by Gasteiger charge is -2.17. The van der Waals surface area contributed by atoms with Crippen LogP contribution in [0.4, 0.5) is 5.69 Å². The molecule has 33 heavy (non-hydrogen) atoms. The van der Waals surface area contributed by atoms with E-state index in [0.29, 0.717) is 6.61 Å². The Labute approximate surface area is 199 Å². The number of thiazole rings is 1. The highest BCUT2D eigenvalue weighted by atomic mass is 32.1. The van der Waals surface area contributed by atoms with Crippen LogP contribution < -0.4 is 15.2 Å². The molecule has 1 heterocycles. The van der Waals surface area contributed by atoms with Crippen LogP contribution >= 0.6 is 11.3 Å². The fourth-order valence-corrected chi connectivity index (χ4v) is 5.13. The topological polar surface area (TPSA) is 57.4 Å². The van der Waals surface area contributed by atoms with Crippen LogP contribution in [0.1, 0.15) is 39.2 Å². The molecule has 0 radical (unpaired) electrons. The summed E-state index contributed by atoms with van der Waals surface area (Å²) in [5.41, 5.74) is 13.0. The number of rotatable bonds is 8. The van der Waals surface area contributed by atoms with Gasteiger partial charge >= 0.3 is 0 Å². The summed E-state index contributed by atoms with van der Waals surface area (Å²) in [6.07, 6.45) is 6.75. The summed E-state index contributed by atoms with van der Waals surface area (Å²) in [5.74, 6) is 2.68. The minimum atomic E-state index is 0.538. The van der Waals surface area contributed by atoms with Gasteiger partial charge in [0.15, 0.2) is 0 Å². The zero-order valence-corrected chi connectivity index (χ0v) is 19.7. The van der Waals surface area contributed by atoms with Crippen molar-refractivity contribution in [3.8, 4) is 17.2 Å². The van der Waals surface area contributed by atoms with Gasteiger partial charge in [0.2, 0.25) is 0 Å². The van der Waals surface area contributed by atoms with Crippen LogP contribution in [0.2, 0.25) is 0 Å². The standard InChI is InChI=1S/C28H28N2O2S/c1-19-16-25(29)23-8-5-9-24(23)28(19)32-22-11-12-26(31-18-20-6-3-2-4-7-20)21(17-22)10-13-27-30-14-15-33-27/h2-4,6-7,11-12,14-17H,5,8-10,13,18,29H2,1H3. The largest absolute Gasteiger partial charge is 0.489 e. The van der Waals surface area contributed by atoms with E-state index in [-0.39, 0.29) is 0 Å². The lowest BCUT2D eigenvalue weighted by Crippen LogP contribution is -2.02. The van der Waals surface area contributed by atoms with Gasteiger partial charge in [-0.3, -0.25) is 0 Å². The van der Waals surface area contributed by atoms with Gasteiger partial charge in [-0.05, 0) is 79.1 Å². The van der Waals surface area contributed by atoms with Crippen LogP contribution in [0.15, 0.2) is 66.2 Å². The molecule has 0 fully saturated rings. The summed E-state index contributed by atoms with van der Waals surface area (Å²) in [6, 6.07) is 18.4. The Morgan fingerprint density at radius 3 is 2.67 bits per heavy atom. The van der Waals surface area contributed by atoms with Crippen molar-refractivity contribution in [3.05, 3.63) is 99.0 Å². The molecule has 0 atom stereocenters. The lowest BCUT2D eigenvalue weighted by atomic mass is 10.0. The SMILES string of the molecule is Cc1cc(N)c2c(c1Oc1ccc(OCc3ccccc3)c(CCc3nccs3)c1)CCC2. The molecule has 0 saturated carbocycles. The van der Waals surface area contributed by atoms with E-state index in [1.807, 2.05) is 48.0 Å². The molecular weight excluding hydrogens is 428 g/mol. The number of hydrogen-bond donors (Lipinski definition) is 1. The van der Waals surface area contributed by atoms with E-state index in [2.05, 4.69) is 30.1 Å². The van der Waals surface area contributed by atoms with Crippen molar-refractivity contribution >= 4 is 17.0 Å². The molecule has 0 amide bonds. The molecule has 168 valence electrons. The van der Waals surface area contributed by atoms with E-state index < -0.39 is 0 Å². The first-order valence-electron chi connectivity index (χ1n) is 11.4. The molecule has 0 unspecified atom stereocenters. The van der Waals surface area contributed by atoms with Gasteiger partial charge in [0.1, 0.15) is 23.9 Å². The van der Waals surface area contributed by atoms with Crippen molar-refractivity contribution in [2.75, 3.05) is 5.73 Å². The zero-order chi connectivity index (χ0) is 22.6. The number of nitrogens with two attached hydrogens (primary N) is 1. The molecule has 1 aliphatic rings. The van der Waals surface area contributed by atoms with Crippen molar-refractivity contribution in [2.24, 2.45) is 0 Å². The highest BCUT2D eigenvalue weighted by Crippen LogP contribution is 2.40. The first-order chi connectivity index (χ1) is 16.2. The summed E-state index contributed by atoms with van der Waals surface area (Å²) < 4.78 is 12.7. The second kappa shape index (κ2) is 9.67. The Kier molecular flexibility index (Phi) is 6.31. The Morgan fingerprint density at radius 2 is 1.85 bits per heavy atom. The second-order valence-corrected chi connectivity index (χ2v) is 9.47. The van der Waals surface area contributed by atoms with Gasteiger partial charge in [0.05, 0.1) is 5.01 Å². The van der Waals surface area contributed by atoms with Crippen LogP contribution in [0.5, 0.6) is 17.2 Å². The Morgan fingerprint density at radius 1 is 1.00 bits per heavy atom. The fourth-order valence-electron chi connectivity index (χ4n) is 4.51. The third-order valence-electron chi connectivity index (χ3n) is 6.15. The summed E-state index contributed by atoms with van der Waals surface area (Å²) in [6.45, 7) is 2.61. The Hall–Kier alpha value is -3.31. The van der Waals surface area contributed by atoms with Crippen molar-refractivity contribution in [3.63, 3.8) is 0 Å². The maximum absolute atomic E-state index is 6.48. The van der Waals surface area contributed by atoms with Gasteiger partial charge in [-0.1, -0.05) is 30.3 Å². The van der Waals surface area contributed by atoms with Gasteiger partial charge < -0.3 is 15.2 Å². The van der Waals surface area contributed by atoms with Crippen molar-refractivity contribution in [2.45, 2.75) is 45.6 Å². The van der Waals surface area contributed by atoms with Gasteiger partial charge in [-0.2, -0.15) is 0 Å². The van der Waals surface area contributed by atoms with Crippen molar-refractivity contribution in [1.29, 1.82) is 0 Å². The minimum Gasteiger partial charge on any atom is -0.489 e. The predicted molar refractivity (Wildman–Crippen MR) is 134 cm³/mol. The van der Waals surface area contributed by atoms with Crippen molar-refractivity contribution in [1.82, 2.24) is 4.98 Å². The van der Waals surface area contributed by atoms with Crippen LogP contribution in [0.3, 0.4) is 0 Å². The third-order valence-corrected chi connectivity index (χ3v) is 6.99. The Bertz CT molecular complexity index is 1240. The first-order valence-corrected chi connectivity index (χ1v) is 12.3. The summed E-state index contributed by atoms with van der Waals surface area (Å²) in [4.78, 5) is 4.44. The molecule has 0 bridgehead atoms. The number of hydrogen-bond acceptors (Lipinski definition) is 5. The van der Waals surface area contributed by atoms with E-state index in [1.165, 1.54) is 11.1 Å². The van der Waals surface area contributed by atoms with Gasteiger partial charge in [0, 0.05) is 29.2 Å². The molecule has 4 aromatic rings. The van der Waals surface area contributed by atoms with E-state index in [1.54, 1.807) is 11.3 Å². The van der Waals surface area contributed by atoms with Crippen LogP contribution in [-0.2, 0) is 32.3 Å². The van der Waals surface area contributed by atoms with Crippen LogP contribution in [0, 0.1) is 6.92 Å². The molecule has 4 nitrogen and oxygen atoms in total. The molecule has 1 aromatic heterocycles. The van der Waals surface area contributed by atoms with E-state index in [4.69, 9.17) is 15.2 Å². The predicted octanol–water partition coefficient (Wildman–Crippen LogP) is 6.68. The summed E-state index contributed by atoms with van der Waals surface area (Å²) >= 11 is 1.69. The molecular formula is C28H28N2O2S. The number of ether oxygens (including phenoxy) is 2. The zero-order valence-electron chi connectivity index (χ0n) is 18.8. The number of benzene rings is 3. The van der Waals surface area contributed by atoms with Crippen LogP contribution in [-0.4, -0.2) is 4.98 Å². The molecule has 0 aliphatic heterocycles. The molecule has 3 aromatic carbocycles. The van der Waals surface area contributed by atoms with Gasteiger partial charge in [-0.15, -0.1) is 11.3 Å². The fraction of sp³-hybridized carbons (Fsp3) is 0.250. The highest BCUT2D eigenvalue weighted by Gasteiger charge is 2.21. The van der Waals surface area contributed by atoms with Crippen LogP contribution in [0.25, 0.3) is 0 Å². The smallest absolute Gasteiger partial charge is 0.133 e. The maximum atomic E-state index is 6.48. The van der Waals surface area contributed by atoms with Gasteiger partial charge in [0.25, 0.3) is 0 Å². The quantitative estimate of drug-likeness (QED) is 0.301. The minimum absolute atomic E-state index is 0.538. The second-order valence-electron chi connectivity index (χ2n) is 8.49. The first kappa shape index (κ1) is 21.5.